The van der Waals surface area contributed by atoms with Crippen LogP contribution in [0.4, 0.5) is 5.82 Å². The summed E-state index contributed by atoms with van der Waals surface area (Å²) in [6, 6.07) is 10.8. The maximum absolute atomic E-state index is 12.0. The number of pyridine rings is 1. The van der Waals surface area contributed by atoms with E-state index in [1.807, 2.05) is 25.1 Å². The first kappa shape index (κ1) is 16.3. The summed E-state index contributed by atoms with van der Waals surface area (Å²) in [6.07, 6.45) is 0. The van der Waals surface area contributed by atoms with Crippen LogP contribution < -0.4 is 10.6 Å². The molecule has 0 aliphatic rings. The molecular weight excluding hydrogens is 465 g/mol. The standard InChI is InChI=1S/C14H11BrIN3OS/c1-8-11(16)5-6-12(17-8)18-14(21)19-13(20)9-3-2-4-10(15)7-9/h2-7H,1H3,(H2,17,18,19,20,21). The molecule has 2 N–H and O–H groups in total. The molecule has 108 valence electrons. The van der Waals surface area contributed by atoms with E-state index in [0.717, 1.165) is 13.7 Å². The van der Waals surface area contributed by atoms with Crippen molar-refractivity contribution in [2.24, 2.45) is 0 Å². The molecule has 0 fully saturated rings. The van der Waals surface area contributed by atoms with Crippen LogP contribution in [0.25, 0.3) is 0 Å². The van der Waals surface area contributed by atoms with Gasteiger partial charge in [-0.25, -0.2) is 4.98 Å². The van der Waals surface area contributed by atoms with E-state index in [1.165, 1.54) is 0 Å². The van der Waals surface area contributed by atoms with Gasteiger partial charge in [-0.3, -0.25) is 10.1 Å². The zero-order chi connectivity index (χ0) is 15.4. The van der Waals surface area contributed by atoms with Gasteiger partial charge in [0.25, 0.3) is 5.91 Å². The molecular formula is C14H11BrIN3OS. The molecule has 0 saturated heterocycles. The summed E-state index contributed by atoms with van der Waals surface area (Å²) in [6.45, 7) is 1.91. The zero-order valence-corrected chi connectivity index (χ0v) is 15.5. The Bertz CT molecular complexity index is 708. The number of carbonyl (C=O) groups excluding carboxylic acids is 1. The second-order valence-corrected chi connectivity index (χ2v) is 6.67. The van der Waals surface area contributed by atoms with Gasteiger partial charge in [0.05, 0.1) is 5.69 Å². The number of benzene rings is 1. The number of rotatable bonds is 2. The fraction of sp³-hybridized carbons (Fsp3) is 0.0714. The van der Waals surface area contributed by atoms with Crippen molar-refractivity contribution in [1.82, 2.24) is 10.3 Å². The molecule has 0 spiro atoms. The Labute approximate surface area is 150 Å². The van der Waals surface area contributed by atoms with Crippen molar-refractivity contribution >= 4 is 67.6 Å². The topological polar surface area (TPSA) is 54.0 Å². The molecule has 4 nitrogen and oxygen atoms in total. The molecule has 0 atom stereocenters. The minimum atomic E-state index is -0.268. The third-order valence-electron chi connectivity index (χ3n) is 2.58. The molecule has 0 saturated carbocycles. The third-order valence-corrected chi connectivity index (χ3v) is 4.41. The summed E-state index contributed by atoms with van der Waals surface area (Å²) in [7, 11) is 0. The summed E-state index contributed by atoms with van der Waals surface area (Å²) in [5, 5.41) is 5.74. The maximum Gasteiger partial charge on any atom is 0.257 e. The van der Waals surface area contributed by atoms with Crippen molar-refractivity contribution in [2.45, 2.75) is 6.92 Å². The molecule has 2 rings (SSSR count). The number of amides is 1. The first-order valence-electron chi connectivity index (χ1n) is 5.97. The molecule has 7 heteroatoms. The first-order chi connectivity index (χ1) is 9.95. The highest BCUT2D eigenvalue weighted by Gasteiger charge is 2.09. The SMILES string of the molecule is Cc1nc(NC(=S)NC(=O)c2cccc(Br)c2)ccc1I. The molecule has 1 aromatic heterocycles. The third kappa shape index (κ3) is 4.72. The number of aryl methyl sites for hydroxylation is 1. The number of nitrogens with zero attached hydrogens (tertiary/aromatic N) is 1. The van der Waals surface area contributed by atoms with Crippen LogP contribution in [0.1, 0.15) is 16.1 Å². The van der Waals surface area contributed by atoms with Crippen LogP contribution in [-0.4, -0.2) is 16.0 Å². The highest BCUT2D eigenvalue weighted by molar-refractivity contribution is 14.1. The summed E-state index contributed by atoms with van der Waals surface area (Å²) in [5.74, 6) is 0.337. The van der Waals surface area contributed by atoms with Gasteiger partial charge in [0, 0.05) is 13.6 Å². The summed E-state index contributed by atoms with van der Waals surface area (Å²) in [5.41, 5.74) is 1.43. The van der Waals surface area contributed by atoms with E-state index >= 15 is 0 Å². The van der Waals surface area contributed by atoms with E-state index in [2.05, 4.69) is 54.1 Å². The largest absolute Gasteiger partial charge is 0.317 e. The van der Waals surface area contributed by atoms with Gasteiger partial charge in [-0.1, -0.05) is 22.0 Å². The molecule has 1 heterocycles. The van der Waals surface area contributed by atoms with Crippen LogP contribution >= 0.6 is 50.7 Å². The van der Waals surface area contributed by atoms with Crippen LogP contribution in [0.15, 0.2) is 40.9 Å². The second-order valence-electron chi connectivity index (χ2n) is 4.18. The fourth-order valence-electron chi connectivity index (χ4n) is 1.57. The van der Waals surface area contributed by atoms with E-state index in [1.54, 1.807) is 18.2 Å². The number of hydrogen-bond acceptors (Lipinski definition) is 3. The number of nitrogens with one attached hydrogen (secondary N) is 2. The minimum Gasteiger partial charge on any atom is -0.317 e. The molecule has 0 unspecified atom stereocenters. The molecule has 0 aliphatic heterocycles. The van der Waals surface area contributed by atoms with Crippen molar-refractivity contribution in [2.75, 3.05) is 5.32 Å². The zero-order valence-electron chi connectivity index (χ0n) is 11.0. The van der Waals surface area contributed by atoms with E-state index in [4.69, 9.17) is 12.2 Å². The molecule has 0 aliphatic carbocycles. The molecule has 0 bridgehead atoms. The van der Waals surface area contributed by atoms with Gasteiger partial charge in [0.15, 0.2) is 5.11 Å². The number of aromatic nitrogens is 1. The van der Waals surface area contributed by atoms with Crippen molar-refractivity contribution in [1.29, 1.82) is 0 Å². The molecule has 1 amide bonds. The van der Waals surface area contributed by atoms with Gasteiger partial charge >= 0.3 is 0 Å². The predicted molar refractivity (Wildman–Crippen MR) is 99.5 cm³/mol. The fourth-order valence-corrected chi connectivity index (χ4v) is 2.46. The predicted octanol–water partition coefficient (Wildman–Crippen LogP) is 3.88. The van der Waals surface area contributed by atoms with Crippen molar-refractivity contribution in [3.8, 4) is 0 Å². The molecule has 2 aromatic rings. The van der Waals surface area contributed by atoms with E-state index in [0.29, 0.717) is 11.4 Å². The molecule has 21 heavy (non-hydrogen) atoms. The Hall–Kier alpha value is -1.06. The second kappa shape index (κ2) is 7.28. The number of hydrogen-bond donors (Lipinski definition) is 2. The van der Waals surface area contributed by atoms with Crippen LogP contribution in [-0.2, 0) is 0 Å². The highest BCUT2D eigenvalue weighted by Crippen LogP contribution is 2.13. The molecule has 0 radical (unpaired) electrons. The number of halogens is 2. The smallest absolute Gasteiger partial charge is 0.257 e. The average Bonchev–Trinajstić information content (AvgIpc) is 2.43. The van der Waals surface area contributed by atoms with Gasteiger partial charge in [0.1, 0.15) is 5.82 Å². The van der Waals surface area contributed by atoms with E-state index in [-0.39, 0.29) is 11.0 Å². The van der Waals surface area contributed by atoms with Crippen molar-refractivity contribution < 1.29 is 4.79 Å². The summed E-state index contributed by atoms with van der Waals surface area (Å²) >= 11 is 10.7. The normalized spacial score (nSPS) is 10.0. The van der Waals surface area contributed by atoms with Gasteiger partial charge in [-0.05, 0) is 72.1 Å². The lowest BCUT2D eigenvalue weighted by Gasteiger charge is -2.10. The Morgan fingerprint density at radius 3 is 2.76 bits per heavy atom. The number of thiocarbonyl (C=S) groups is 1. The van der Waals surface area contributed by atoms with Crippen LogP contribution in [0, 0.1) is 10.5 Å². The Kier molecular flexibility index (Phi) is 5.65. The summed E-state index contributed by atoms with van der Waals surface area (Å²) < 4.78 is 1.91. The van der Waals surface area contributed by atoms with Crippen molar-refractivity contribution in [3.63, 3.8) is 0 Å². The molecule has 1 aromatic carbocycles. The number of anilines is 1. The van der Waals surface area contributed by atoms with Gasteiger partial charge in [0.2, 0.25) is 0 Å². The van der Waals surface area contributed by atoms with Crippen LogP contribution in [0.3, 0.4) is 0 Å². The Morgan fingerprint density at radius 1 is 1.33 bits per heavy atom. The summed E-state index contributed by atoms with van der Waals surface area (Å²) in [4.78, 5) is 16.4. The van der Waals surface area contributed by atoms with E-state index in [9.17, 15) is 4.79 Å². The lowest BCUT2D eigenvalue weighted by atomic mass is 10.2. The Balaban J connectivity index is 2.01. The highest BCUT2D eigenvalue weighted by atomic mass is 127. The van der Waals surface area contributed by atoms with Crippen LogP contribution in [0.2, 0.25) is 0 Å². The minimum absolute atomic E-state index is 0.216. The Morgan fingerprint density at radius 2 is 2.10 bits per heavy atom. The van der Waals surface area contributed by atoms with Gasteiger partial charge in [-0.2, -0.15) is 0 Å². The van der Waals surface area contributed by atoms with Gasteiger partial charge < -0.3 is 5.32 Å². The average molecular weight is 476 g/mol. The first-order valence-corrected chi connectivity index (χ1v) is 8.25. The lowest BCUT2D eigenvalue weighted by Crippen LogP contribution is -2.34. The number of carbonyl (C=O) groups is 1. The quantitative estimate of drug-likeness (QED) is 0.511. The van der Waals surface area contributed by atoms with Crippen molar-refractivity contribution in [3.05, 3.63) is 55.7 Å². The van der Waals surface area contributed by atoms with E-state index < -0.39 is 0 Å². The maximum atomic E-state index is 12.0. The monoisotopic (exact) mass is 475 g/mol. The van der Waals surface area contributed by atoms with Crippen LogP contribution in [0.5, 0.6) is 0 Å². The lowest BCUT2D eigenvalue weighted by molar-refractivity contribution is 0.0977. The van der Waals surface area contributed by atoms with Gasteiger partial charge in [-0.15, -0.1) is 0 Å².